The summed E-state index contributed by atoms with van der Waals surface area (Å²) >= 11 is 0. The van der Waals surface area contributed by atoms with Crippen molar-refractivity contribution >= 4 is 29.9 Å². The van der Waals surface area contributed by atoms with E-state index >= 15 is 0 Å². The highest BCUT2D eigenvalue weighted by molar-refractivity contribution is 5.98. The van der Waals surface area contributed by atoms with Gasteiger partial charge in [0.15, 0.2) is 0 Å². The van der Waals surface area contributed by atoms with Crippen molar-refractivity contribution in [3.63, 3.8) is 0 Å². The molecule has 1 aliphatic rings. The fourth-order valence-electron chi connectivity index (χ4n) is 2.49. The molecule has 0 aromatic heterocycles. The smallest absolute Gasteiger partial charge is 0.343 e. The standard InChI is InChI=1S/C16H20F3N3O2.ClH/c1-10-4-5-11(14(23)21-9-16(17,18)19)7-13(10)22-15(24)12-3-2-6-20-8-12;/h4-5,7,12,20H,2-3,6,8-9H2,1H3,(H,21,23)(H,22,24);1H. The summed E-state index contributed by atoms with van der Waals surface area (Å²) < 4.78 is 36.5. The number of benzene rings is 1. The van der Waals surface area contributed by atoms with Crippen LogP contribution in [0.15, 0.2) is 18.2 Å². The molecule has 5 nitrogen and oxygen atoms in total. The van der Waals surface area contributed by atoms with Crippen LogP contribution in [0.25, 0.3) is 0 Å². The minimum absolute atomic E-state index is 0. The van der Waals surface area contributed by atoms with Crippen LogP contribution in [0.2, 0.25) is 0 Å². The summed E-state index contributed by atoms with van der Waals surface area (Å²) in [6.45, 7) is 1.84. The lowest BCUT2D eigenvalue weighted by Crippen LogP contribution is -2.37. The first-order valence-electron chi connectivity index (χ1n) is 7.73. The van der Waals surface area contributed by atoms with Gasteiger partial charge in [0.2, 0.25) is 5.91 Å². The number of aryl methyl sites for hydroxylation is 1. The fraction of sp³-hybridized carbons (Fsp3) is 0.500. The molecule has 1 aliphatic heterocycles. The van der Waals surface area contributed by atoms with E-state index < -0.39 is 18.6 Å². The van der Waals surface area contributed by atoms with Crippen molar-refractivity contribution in [3.05, 3.63) is 29.3 Å². The number of nitrogens with one attached hydrogen (secondary N) is 3. The van der Waals surface area contributed by atoms with Gasteiger partial charge >= 0.3 is 6.18 Å². The van der Waals surface area contributed by atoms with E-state index in [4.69, 9.17) is 0 Å². The van der Waals surface area contributed by atoms with Gasteiger partial charge in [-0.3, -0.25) is 9.59 Å². The van der Waals surface area contributed by atoms with Crippen LogP contribution in [0.3, 0.4) is 0 Å². The van der Waals surface area contributed by atoms with Gasteiger partial charge in [-0.15, -0.1) is 12.4 Å². The first-order valence-corrected chi connectivity index (χ1v) is 7.73. The quantitative estimate of drug-likeness (QED) is 0.753. The van der Waals surface area contributed by atoms with Gasteiger partial charge in [-0.2, -0.15) is 13.2 Å². The zero-order valence-electron chi connectivity index (χ0n) is 13.7. The molecule has 1 atom stereocenters. The molecular formula is C16H21ClF3N3O2. The molecule has 0 saturated carbocycles. The Labute approximate surface area is 150 Å². The van der Waals surface area contributed by atoms with Crippen LogP contribution in [-0.4, -0.2) is 37.6 Å². The Morgan fingerprint density at radius 2 is 2.04 bits per heavy atom. The molecule has 0 spiro atoms. The number of carbonyl (C=O) groups excluding carboxylic acids is 2. The fourth-order valence-corrected chi connectivity index (χ4v) is 2.49. The molecule has 0 aliphatic carbocycles. The number of piperidine rings is 1. The molecule has 1 aromatic rings. The van der Waals surface area contributed by atoms with Gasteiger partial charge in [0.25, 0.3) is 5.91 Å². The number of hydrogen-bond acceptors (Lipinski definition) is 3. The van der Waals surface area contributed by atoms with Crippen LogP contribution in [0, 0.1) is 12.8 Å². The van der Waals surface area contributed by atoms with Crippen molar-refractivity contribution in [2.45, 2.75) is 25.9 Å². The van der Waals surface area contributed by atoms with Crippen molar-refractivity contribution < 1.29 is 22.8 Å². The summed E-state index contributed by atoms with van der Waals surface area (Å²) in [5.74, 6) is -1.14. The van der Waals surface area contributed by atoms with Crippen molar-refractivity contribution in [2.75, 3.05) is 25.0 Å². The highest BCUT2D eigenvalue weighted by atomic mass is 35.5. The molecule has 3 N–H and O–H groups in total. The van der Waals surface area contributed by atoms with Crippen LogP contribution in [0.4, 0.5) is 18.9 Å². The van der Waals surface area contributed by atoms with Crippen molar-refractivity contribution in [2.24, 2.45) is 5.92 Å². The van der Waals surface area contributed by atoms with E-state index in [9.17, 15) is 22.8 Å². The second-order valence-corrected chi connectivity index (χ2v) is 5.86. The summed E-state index contributed by atoms with van der Waals surface area (Å²) in [5, 5.41) is 7.73. The van der Waals surface area contributed by atoms with Crippen LogP contribution in [0.1, 0.15) is 28.8 Å². The second-order valence-electron chi connectivity index (χ2n) is 5.86. The molecule has 140 valence electrons. The van der Waals surface area contributed by atoms with E-state index in [1.807, 2.05) is 5.32 Å². The molecule has 2 rings (SSSR count). The first-order chi connectivity index (χ1) is 11.3. The van der Waals surface area contributed by atoms with Crippen molar-refractivity contribution in [1.29, 1.82) is 0 Å². The summed E-state index contributed by atoms with van der Waals surface area (Å²) in [6.07, 6.45) is -2.77. The molecule has 1 saturated heterocycles. The third kappa shape index (κ3) is 6.55. The predicted molar refractivity (Wildman–Crippen MR) is 91.0 cm³/mol. The molecular weight excluding hydrogens is 359 g/mol. The normalized spacial score (nSPS) is 17.4. The largest absolute Gasteiger partial charge is 0.405 e. The van der Waals surface area contributed by atoms with E-state index in [-0.39, 0.29) is 29.8 Å². The topological polar surface area (TPSA) is 70.2 Å². The maximum Gasteiger partial charge on any atom is 0.405 e. The lowest BCUT2D eigenvalue weighted by Gasteiger charge is -2.22. The number of anilines is 1. The highest BCUT2D eigenvalue weighted by Gasteiger charge is 2.28. The van der Waals surface area contributed by atoms with Crippen molar-refractivity contribution in [1.82, 2.24) is 10.6 Å². The molecule has 1 heterocycles. The highest BCUT2D eigenvalue weighted by Crippen LogP contribution is 2.20. The molecule has 1 aromatic carbocycles. The van der Waals surface area contributed by atoms with Gasteiger partial charge in [0, 0.05) is 17.8 Å². The van der Waals surface area contributed by atoms with Crippen LogP contribution in [0.5, 0.6) is 0 Å². The molecule has 0 radical (unpaired) electrons. The number of amides is 2. The van der Waals surface area contributed by atoms with E-state index in [0.29, 0.717) is 12.2 Å². The minimum atomic E-state index is -4.47. The van der Waals surface area contributed by atoms with E-state index in [1.54, 1.807) is 13.0 Å². The van der Waals surface area contributed by atoms with Gasteiger partial charge in [0.1, 0.15) is 6.54 Å². The monoisotopic (exact) mass is 379 g/mol. The van der Waals surface area contributed by atoms with Gasteiger partial charge in [-0.05, 0) is 44.0 Å². The maximum atomic E-state index is 12.3. The third-order valence-electron chi connectivity index (χ3n) is 3.87. The van der Waals surface area contributed by atoms with Crippen molar-refractivity contribution in [3.8, 4) is 0 Å². The number of carbonyl (C=O) groups is 2. The Morgan fingerprint density at radius 1 is 1.32 bits per heavy atom. The Bertz CT molecular complexity index is 617. The van der Waals surface area contributed by atoms with E-state index in [2.05, 4.69) is 10.6 Å². The number of hydrogen-bond donors (Lipinski definition) is 3. The minimum Gasteiger partial charge on any atom is -0.343 e. The molecule has 1 unspecified atom stereocenters. The Kier molecular flexibility index (Phi) is 7.69. The third-order valence-corrected chi connectivity index (χ3v) is 3.87. The lowest BCUT2D eigenvalue weighted by atomic mass is 9.98. The summed E-state index contributed by atoms with van der Waals surface area (Å²) in [5.41, 5.74) is 1.24. The number of alkyl halides is 3. The molecule has 2 amide bonds. The van der Waals surface area contributed by atoms with Gasteiger partial charge < -0.3 is 16.0 Å². The molecule has 25 heavy (non-hydrogen) atoms. The van der Waals surface area contributed by atoms with Gasteiger partial charge in [-0.25, -0.2) is 0 Å². The van der Waals surface area contributed by atoms with Gasteiger partial charge in [0.05, 0.1) is 5.92 Å². The first kappa shape index (κ1) is 21.2. The average Bonchev–Trinajstić information content (AvgIpc) is 2.54. The Balaban J connectivity index is 0.00000312. The zero-order valence-corrected chi connectivity index (χ0v) is 14.5. The van der Waals surface area contributed by atoms with E-state index in [0.717, 1.165) is 24.9 Å². The van der Waals surface area contributed by atoms with Crippen LogP contribution >= 0.6 is 12.4 Å². The van der Waals surface area contributed by atoms with Crippen LogP contribution < -0.4 is 16.0 Å². The summed E-state index contributed by atoms with van der Waals surface area (Å²) in [7, 11) is 0. The summed E-state index contributed by atoms with van der Waals surface area (Å²) in [6, 6.07) is 4.42. The summed E-state index contributed by atoms with van der Waals surface area (Å²) in [4.78, 5) is 24.1. The molecule has 1 fully saturated rings. The Morgan fingerprint density at radius 3 is 2.64 bits per heavy atom. The van der Waals surface area contributed by atoms with Crippen LogP contribution in [-0.2, 0) is 4.79 Å². The predicted octanol–water partition coefficient (Wildman–Crippen LogP) is 2.65. The zero-order chi connectivity index (χ0) is 17.7. The average molecular weight is 380 g/mol. The van der Waals surface area contributed by atoms with E-state index in [1.165, 1.54) is 12.1 Å². The second kappa shape index (κ2) is 9.05. The molecule has 9 heteroatoms. The lowest BCUT2D eigenvalue weighted by molar-refractivity contribution is -0.123. The maximum absolute atomic E-state index is 12.3. The number of halogens is 4. The Hall–Kier alpha value is -1.80. The van der Waals surface area contributed by atoms with Gasteiger partial charge in [-0.1, -0.05) is 6.07 Å². The number of rotatable bonds is 4. The molecule has 0 bridgehead atoms. The SMILES string of the molecule is Cc1ccc(C(=O)NCC(F)(F)F)cc1NC(=O)C1CCCNC1.Cl.